The molecule has 3 rings (SSSR count). The molecule has 0 heterocycles. The Hall–Kier alpha value is -2.49. The van der Waals surface area contributed by atoms with Crippen LogP contribution in [0.25, 0.3) is 0 Å². The van der Waals surface area contributed by atoms with Crippen LogP contribution in [0.5, 0.6) is 11.5 Å². The van der Waals surface area contributed by atoms with Crippen molar-refractivity contribution in [2.24, 2.45) is 0 Å². The number of benzene rings is 3. The molecule has 4 heteroatoms. The number of ether oxygens (including phenoxy) is 2. The minimum Gasteiger partial charge on any atom is -0.493 e. The molecule has 3 aromatic carbocycles. The van der Waals surface area contributed by atoms with E-state index in [2.05, 4.69) is 42.6 Å². The number of hydrogen-bond acceptors (Lipinski definition) is 3. The summed E-state index contributed by atoms with van der Waals surface area (Å²) >= 11 is 6.31. The molecule has 29 heavy (non-hydrogen) atoms. The molecule has 0 aliphatic carbocycles. The predicted molar refractivity (Wildman–Crippen MR) is 120 cm³/mol. The molecule has 0 radical (unpaired) electrons. The molecule has 0 spiro atoms. The van der Waals surface area contributed by atoms with Gasteiger partial charge in [0.15, 0.2) is 11.5 Å². The topological polar surface area (TPSA) is 30.5 Å². The largest absolute Gasteiger partial charge is 0.493 e. The highest BCUT2D eigenvalue weighted by Gasteiger charge is 2.14. The van der Waals surface area contributed by atoms with Crippen LogP contribution in [0, 0.1) is 0 Å². The summed E-state index contributed by atoms with van der Waals surface area (Å²) in [6, 6.07) is 24.8. The van der Waals surface area contributed by atoms with E-state index in [-0.39, 0.29) is 0 Å². The molecular weight excluding hydrogens is 382 g/mol. The van der Waals surface area contributed by atoms with Gasteiger partial charge >= 0.3 is 0 Å². The van der Waals surface area contributed by atoms with Gasteiger partial charge in [-0.05, 0) is 37.0 Å². The maximum atomic E-state index is 6.31. The zero-order valence-electron chi connectivity index (χ0n) is 17.0. The van der Waals surface area contributed by atoms with Crippen LogP contribution in [0.15, 0.2) is 72.8 Å². The van der Waals surface area contributed by atoms with E-state index in [1.165, 1.54) is 5.56 Å². The van der Waals surface area contributed by atoms with Gasteiger partial charge in [0.1, 0.15) is 6.61 Å². The van der Waals surface area contributed by atoms with Crippen LogP contribution in [0.3, 0.4) is 0 Å². The van der Waals surface area contributed by atoms with Crippen LogP contribution in [0.2, 0.25) is 5.02 Å². The molecular formula is C25H28ClNO2. The predicted octanol–water partition coefficient (Wildman–Crippen LogP) is 6.04. The maximum absolute atomic E-state index is 6.31. The van der Waals surface area contributed by atoms with Crippen molar-refractivity contribution in [2.45, 2.75) is 39.0 Å². The normalized spacial score (nSPS) is 11.8. The first kappa shape index (κ1) is 21.2. The van der Waals surface area contributed by atoms with Crippen LogP contribution < -0.4 is 14.8 Å². The van der Waals surface area contributed by atoms with Gasteiger partial charge in [-0.2, -0.15) is 0 Å². The van der Waals surface area contributed by atoms with E-state index in [0.29, 0.717) is 30.0 Å². The molecule has 0 bridgehead atoms. The van der Waals surface area contributed by atoms with E-state index in [0.717, 1.165) is 29.7 Å². The minimum atomic E-state index is 0.363. The van der Waals surface area contributed by atoms with Gasteiger partial charge in [-0.1, -0.05) is 72.3 Å². The van der Waals surface area contributed by atoms with Crippen molar-refractivity contribution >= 4 is 11.6 Å². The smallest absolute Gasteiger partial charge is 0.166 e. The number of methoxy groups -OCH3 is 1. The van der Waals surface area contributed by atoms with Crippen molar-refractivity contribution < 1.29 is 9.47 Å². The van der Waals surface area contributed by atoms with Crippen molar-refractivity contribution in [1.29, 1.82) is 0 Å². The SMILES string of the molecule is COc1cc(Cl)cc(CNC(C)CCc2ccccc2)c1OCc1ccccc1. The quantitative estimate of drug-likeness (QED) is 0.443. The van der Waals surface area contributed by atoms with Crippen molar-refractivity contribution in [3.8, 4) is 11.5 Å². The highest BCUT2D eigenvalue weighted by Crippen LogP contribution is 2.35. The Morgan fingerprint density at radius 1 is 0.931 bits per heavy atom. The molecule has 0 aliphatic heterocycles. The Morgan fingerprint density at radius 2 is 1.59 bits per heavy atom. The number of rotatable bonds is 10. The first-order valence-corrected chi connectivity index (χ1v) is 10.3. The van der Waals surface area contributed by atoms with Gasteiger partial charge in [0.05, 0.1) is 7.11 Å². The Kier molecular flexibility index (Phi) is 7.97. The summed E-state index contributed by atoms with van der Waals surface area (Å²) in [6.45, 7) is 3.35. The number of nitrogens with one attached hydrogen (secondary N) is 1. The van der Waals surface area contributed by atoms with Crippen molar-refractivity contribution in [1.82, 2.24) is 5.32 Å². The van der Waals surface area contributed by atoms with Crippen LogP contribution in [0.1, 0.15) is 30.0 Å². The average Bonchev–Trinajstić information content (AvgIpc) is 2.76. The lowest BCUT2D eigenvalue weighted by Crippen LogP contribution is -2.26. The molecule has 0 fully saturated rings. The molecule has 0 saturated heterocycles. The molecule has 152 valence electrons. The standard InChI is InChI=1S/C25H28ClNO2/c1-19(13-14-20-9-5-3-6-10-20)27-17-22-15-23(26)16-24(28-2)25(22)29-18-21-11-7-4-8-12-21/h3-12,15-16,19,27H,13-14,17-18H2,1-2H3. The molecule has 1 unspecified atom stereocenters. The van der Waals surface area contributed by atoms with E-state index in [1.54, 1.807) is 13.2 Å². The van der Waals surface area contributed by atoms with Gasteiger partial charge in [-0.25, -0.2) is 0 Å². The summed E-state index contributed by atoms with van der Waals surface area (Å²) in [5.41, 5.74) is 3.47. The van der Waals surface area contributed by atoms with Crippen LogP contribution in [-0.2, 0) is 19.6 Å². The van der Waals surface area contributed by atoms with Gasteiger partial charge in [-0.15, -0.1) is 0 Å². The first-order chi connectivity index (χ1) is 14.2. The summed E-state index contributed by atoms with van der Waals surface area (Å²) in [4.78, 5) is 0. The second-order valence-electron chi connectivity index (χ2n) is 7.18. The van der Waals surface area contributed by atoms with Gasteiger partial charge in [0, 0.05) is 29.2 Å². The van der Waals surface area contributed by atoms with E-state index in [9.17, 15) is 0 Å². The monoisotopic (exact) mass is 409 g/mol. The molecule has 1 N–H and O–H groups in total. The number of halogens is 1. The lowest BCUT2D eigenvalue weighted by atomic mass is 10.1. The van der Waals surface area contributed by atoms with Crippen LogP contribution in [0.4, 0.5) is 0 Å². The second kappa shape index (κ2) is 10.9. The molecule has 1 atom stereocenters. The van der Waals surface area contributed by atoms with Crippen molar-refractivity contribution in [2.75, 3.05) is 7.11 Å². The summed E-state index contributed by atoms with van der Waals surface area (Å²) in [6.07, 6.45) is 2.10. The Labute approximate surface area is 178 Å². The molecule has 0 saturated carbocycles. The number of hydrogen-bond donors (Lipinski definition) is 1. The summed E-state index contributed by atoms with van der Waals surface area (Å²) < 4.78 is 11.7. The van der Waals surface area contributed by atoms with Crippen LogP contribution >= 0.6 is 11.6 Å². The highest BCUT2D eigenvalue weighted by molar-refractivity contribution is 6.30. The van der Waals surface area contributed by atoms with E-state index >= 15 is 0 Å². The molecule has 3 nitrogen and oxygen atoms in total. The fourth-order valence-electron chi connectivity index (χ4n) is 3.21. The Morgan fingerprint density at radius 3 is 2.24 bits per heavy atom. The van der Waals surface area contributed by atoms with Crippen LogP contribution in [-0.4, -0.2) is 13.2 Å². The van der Waals surface area contributed by atoms with Gasteiger partial charge in [0.2, 0.25) is 0 Å². The minimum absolute atomic E-state index is 0.363. The van der Waals surface area contributed by atoms with Gasteiger partial charge < -0.3 is 14.8 Å². The van der Waals surface area contributed by atoms with E-state index < -0.39 is 0 Å². The average molecular weight is 410 g/mol. The summed E-state index contributed by atoms with van der Waals surface area (Å²) in [7, 11) is 1.64. The Bertz CT molecular complexity index is 884. The fourth-order valence-corrected chi connectivity index (χ4v) is 3.44. The number of aryl methyl sites for hydroxylation is 1. The summed E-state index contributed by atoms with van der Waals surface area (Å²) in [5.74, 6) is 1.39. The maximum Gasteiger partial charge on any atom is 0.166 e. The molecule has 0 amide bonds. The van der Waals surface area contributed by atoms with Crippen molar-refractivity contribution in [3.05, 3.63) is 94.5 Å². The van der Waals surface area contributed by atoms with E-state index in [4.69, 9.17) is 21.1 Å². The lowest BCUT2D eigenvalue weighted by molar-refractivity contribution is 0.280. The van der Waals surface area contributed by atoms with Crippen molar-refractivity contribution in [3.63, 3.8) is 0 Å². The Balaban J connectivity index is 1.64. The third-order valence-corrected chi connectivity index (χ3v) is 5.11. The van der Waals surface area contributed by atoms with Gasteiger partial charge in [-0.3, -0.25) is 0 Å². The highest BCUT2D eigenvalue weighted by atomic mass is 35.5. The lowest BCUT2D eigenvalue weighted by Gasteiger charge is -2.19. The third kappa shape index (κ3) is 6.52. The zero-order chi connectivity index (χ0) is 20.5. The van der Waals surface area contributed by atoms with E-state index in [1.807, 2.05) is 36.4 Å². The fraction of sp³-hybridized carbons (Fsp3) is 0.280. The third-order valence-electron chi connectivity index (χ3n) is 4.89. The molecule has 3 aromatic rings. The zero-order valence-corrected chi connectivity index (χ0v) is 17.8. The molecule has 0 aromatic heterocycles. The molecule has 0 aliphatic rings. The second-order valence-corrected chi connectivity index (χ2v) is 7.61. The summed E-state index contributed by atoms with van der Waals surface area (Å²) in [5, 5.41) is 4.23. The van der Waals surface area contributed by atoms with Gasteiger partial charge in [0.25, 0.3) is 0 Å². The first-order valence-electron chi connectivity index (χ1n) is 9.96.